The summed E-state index contributed by atoms with van der Waals surface area (Å²) in [6.45, 7) is 2.02. The van der Waals surface area contributed by atoms with Crippen molar-refractivity contribution in [2.75, 3.05) is 0 Å². The van der Waals surface area contributed by atoms with Gasteiger partial charge in [0.2, 0.25) is 0 Å². The van der Waals surface area contributed by atoms with Crippen molar-refractivity contribution in [3.05, 3.63) is 0 Å². The summed E-state index contributed by atoms with van der Waals surface area (Å²) in [5.74, 6) is 0. The Morgan fingerprint density at radius 3 is 2.00 bits per heavy atom. The molecule has 0 aliphatic rings. The zero-order valence-corrected chi connectivity index (χ0v) is 6.89. The maximum atomic E-state index is 3.12. The molecular weight excluding hydrogens is 243 g/mol. The number of rotatable bonds is 0. The van der Waals surface area contributed by atoms with Gasteiger partial charge in [0.1, 0.15) is 0 Å². The van der Waals surface area contributed by atoms with E-state index in [-0.39, 0.29) is 23.5 Å². The van der Waals surface area contributed by atoms with E-state index in [4.69, 9.17) is 0 Å². The first-order valence-electron chi connectivity index (χ1n) is 1.25. The van der Waals surface area contributed by atoms with E-state index in [1.807, 2.05) is 6.92 Å². The Kier molecular flexibility index (Phi) is 4.35. The molecule has 0 aromatic carbocycles. The number of hydrogen-bond donors (Lipinski definition) is 0. The molecule has 0 saturated carbocycles. The van der Waals surface area contributed by atoms with Crippen LogP contribution in [-0.2, 0) is 0 Å². The zero-order chi connectivity index (χ0) is 3.41. The first-order chi connectivity index (χ1) is 1.91. The fourth-order valence-electron chi connectivity index (χ4n) is 0. The molecule has 0 aromatic rings. The van der Waals surface area contributed by atoms with Crippen LogP contribution >= 0.6 is 0 Å². The molecule has 0 radical (unpaired) electrons. The van der Waals surface area contributed by atoms with Crippen LogP contribution in [0.3, 0.4) is 0 Å². The molecule has 4 heavy (non-hydrogen) atoms. The molecule has 0 nitrogen and oxygen atoms in total. The van der Waals surface area contributed by atoms with Crippen molar-refractivity contribution in [3.8, 4) is 3.35 Å². The molecule has 1 heteroatoms. The molecule has 22 valence electrons. The van der Waals surface area contributed by atoms with Crippen LogP contribution in [0.15, 0.2) is 0 Å². The second kappa shape index (κ2) is 3.70. The molecule has 0 atom stereocenters. The van der Waals surface area contributed by atoms with Crippen LogP contribution in [0.25, 0.3) is 0 Å². The molecule has 0 rings (SSSR count). The Hall–Kier alpha value is 0.702. The molecule has 0 amide bonds. The van der Waals surface area contributed by atoms with Crippen LogP contribution in [0.4, 0.5) is 0 Å². The van der Waals surface area contributed by atoms with Gasteiger partial charge in [0.15, 0.2) is 0 Å². The van der Waals surface area contributed by atoms with E-state index >= 15 is 0 Å². The third-order valence-corrected chi connectivity index (χ3v) is 2.19. The molecule has 0 aliphatic carbocycles. The molecule has 0 aliphatic heterocycles. The predicted octanol–water partition coefficient (Wildman–Crippen LogP) is 0.718. The van der Waals surface area contributed by atoms with Gasteiger partial charge in [-0.2, -0.15) is 0 Å². The van der Waals surface area contributed by atoms with E-state index in [9.17, 15) is 0 Å². The van der Waals surface area contributed by atoms with E-state index in [1.54, 1.807) is 0 Å². The van der Waals surface area contributed by atoms with Gasteiger partial charge in [-0.1, -0.05) is 0 Å². The van der Waals surface area contributed by atoms with Crippen molar-refractivity contribution < 1.29 is 0 Å². The van der Waals surface area contributed by atoms with Gasteiger partial charge < -0.3 is 0 Å². The van der Waals surface area contributed by atoms with Crippen LogP contribution in [0.1, 0.15) is 6.92 Å². The normalized spacial score (nSPS) is 3.50. The van der Waals surface area contributed by atoms with E-state index in [0.717, 1.165) is 0 Å². The second-order valence-electron chi connectivity index (χ2n) is 0.500. The average molecular weight is 249 g/mol. The van der Waals surface area contributed by atoms with Crippen molar-refractivity contribution in [2.45, 2.75) is 11.4 Å². The van der Waals surface area contributed by atoms with Crippen LogP contribution in [0.2, 0.25) is 4.48 Å². The molecule has 0 saturated heterocycles. The fraction of sp³-hybridized carbons (Fsp3) is 0.667. The molecule has 0 spiro atoms. The first-order valence-corrected chi connectivity index (χ1v) is 7.08. The van der Waals surface area contributed by atoms with Crippen LogP contribution in [-0.4, -0.2) is 23.5 Å². The quantitative estimate of drug-likeness (QED) is 0.555. The SMILES string of the molecule is C[C]#[Pb][CH3]. The molecular formula is C3H6Pb. The first kappa shape index (κ1) is 4.70. The van der Waals surface area contributed by atoms with E-state index in [0.29, 0.717) is 0 Å². The van der Waals surface area contributed by atoms with Gasteiger partial charge in [0.05, 0.1) is 0 Å². The Labute approximate surface area is 38.5 Å². The second-order valence-corrected chi connectivity index (χ2v) is 4.39. The van der Waals surface area contributed by atoms with Crippen molar-refractivity contribution in [1.82, 2.24) is 0 Å². The molecule has 0 aromatic heterocycles. The standard InChI is InChI=1S/C2H3.CH3.Pb/c1-2;;/h1H3;1H3;. The van der Waals surface area contributed by atoms with Gasteiger partial charge in [-0.15, -0.1) is 0 Å². The minimum atomic E-state index is -0.184. The summed E-state index contributed by atoms with van der Waals surface area (Å²) >= 11 is -0.184. The topological polar surface area (TPSA) is 0 Å². The Bertz CT molecular complexity index is 40.0. The summed E-state index contributed by atoms with van der Waals surface area (Å²) in [6, 6.07) is 0. The summed E-state index contributed by atoms with van der Waals surface area (Å²) < 4.78 is 5.39. The number of hydrogen-bond acceptors (Lipinski definition) is 0. The van der Waals surface area contributed by atoms with Gasteiger partial charge in [-0.05, 0) is 0 Å². The van der Waals surface area contributed by atoms with Gasteiger partial charge in [-0.3, -0.25) is 0 Å². The van der Waals surface area contributed by atoms with Crippen LogP contribution < -0.4 is 0 Å². The fourth-order valence-corrected chi connectivity index (χ4v) is 0. The van der Waals surface area contributed by atoms with Crippen molar-refractivity contribution in [1.29, 1.82) is 0 Å². The Morgan fingerprint density at radius 2 is 2.00 bits per heavy atom. The summed E-state index contributed by atoms with van der Waals surface area (Å²) in [7, 11) is 0. The molecule has 0 heterocycles. The molecule has 0 fully saturated rings. The van der Waals surface area contributed by atoms with Gasteiger partial charge >= 0.3 is 38.3 Å². The summed E-state index contributed by atoms with van der Waals surface area (Å²) in [6.07, 6.45) is 0. The van der Waals surface area contributed by atoms with Crippen molar-refractivity contribution in [2.24, 2.45) is 0 Å². The van der Waals surface area contributed by atoms with E-state index in [1.165, 1.54) is 0 Å². The molecule has 0 N–H and O–H groups in total. The Balaban J connectivity index is 2.83. The van der Waals surface area contributed by atoms with E-state index < -0.39 is 0 Å². The summed E-state index contributed by atoms with van der Waals surface area (Å²) in [4.78, 5) is 0. The average Bonchev–Trinajstić information content (AvgIpc) is 1.37. The third-order valence-electron chi connectivity index (χ3n) is 0.250. The van der Waals surface area contributed by atoms with Crippen LogP contribution in [0, 0.1) is 3.35 Å². The molecule has 0 bridgehead atoms. The van der Waals surface area contributed by atoms with Crippen molar-refractivity contribution >= 4 is 23.5 Å². The van der Waals surface area contributed by atoms with Gasteiger partial charge in [0, 0.05) is 0 Å². The molecule has 0 unspecified atom stereocenters. The third kappa shape index (κ3) is 2.70. The maximum absolute atomic E-state index is 3.12. The zero-order valence-electron chi connectivity index (χ0n) is 3.00. The van der Waals surface area contributed by atoms with Crippen molar-refractivity contribution in [3.63, 3.8) is 0 Å². The monoisotopic (exact) mass is 250 g/mol. The van der Waals surface area contributed by atoms with Crippen LogP contribution in [0.5, 0.6) is 0 Å². The van der Waals surface area contributed by atoms with Gasteiger partial charge in [0.25, 0.3) is 0 Å². The minimum absolute atomic E-state index is 0.184. The van der Waals surface area contributed by atoms with Gasteiger partial charge in [-0.25, -0.2) is 0 Å². The Morgan fingerprint density at radius 1 is 1.75 bits per heavy atom. The van der Waals surface area contributed by atoms with E-state index in [2.05, 4.69) is 7.84 Å². The summed E-state index contributed by atoms with van der Waals surface area (Å²) in [5.41, 5.74) is 0. The predicted molar refractivity (Wildman–Crippen MR) is 21.2 cm³/mol. The summed E-state index contributed by atoms with van der Waals surface area (Å²) in [5, 5.41) is 0.